The van der Waals surface area contributed by atoms with E-state index in [9.17, 15) is 4.39 Å². The van der Waals surface area contributed by atoms with Gasteiger partial charge < -0.3 is 5.73 Å². The van der Waals surface area contributed by atoms with E-state index in [0.29, 0.717) is 22.4 Å². The molecule has 20 heavy (non-hydrogen) atoms. The third-order valence-electron chi connectivity index (χ3n) is 2.84. The molecule has 5 nitrogen and oxygen atoms in total. The highest BCUT2D eigenvalue weighted by Crippen LogP contribution is 2.38. The SMILES string of the molecule is Nc1n[nH]c(-c2cncnc2)c1-c1ccc(F)cc1Cl. The van der Waals surface area contributed by atoms with Crippen molar-refractivity contribution in [2.45, 2.75) is 0 Å². The summed E-state index contributed by atoms with van der Waals surface area (Å²) in [6.07, 6.45) is 4.68. The number of anilines is 1. The van der Waals surface area contributed by atoms with Gasteiger partial charge in [-0.2, -0.15) is 5.10 Å². The van der Waals surface area contributed by atoms with Gasteiger partial charge in [-0.05, 0) is 18.2 Å². The Morgan fingerprint density at radius 2 is 1.95 bits per heavy atom. The third kappa shape index (κ3) is 2.10. The molecule has 0 radical (unpaired) electrons. The molecule has 7 heteroatoms. The smallest absolute Gasteiger partial charge is 0.153 e. The van der Waals surface area contributed by atoms with Gasteiger partial charge in [0, 0.05) is 23.5 Å². The molecule has 0 unspecified atom stereocenters. The lowest BCUT2D eigenvalue weighted by Gasteiger charge is -2.06. The van der Waals surface area contributed by atoms with Crippen LogP contribution in [0.2, 0.25) is 5.02 Å². The van der Waals surface area contributed by atoms with Crippen molar-refractivity contribution in [3.05, 3.63) is 47.8 Å². The molecule has 0 spiro atoms. The van der Waals surface area contributed by atoms with Gasteiger partial charge in [-0.15, -0.1) is 0 Å². The molecule has 0 amide bonds. The monoisotopic (exact) mass is 289 g/mol. The van der Waals surface area contributed by atoms with Gasteiger partial charge in [0.15, 0.2) is 5.82 Å². The number of aromatic nitrogens is 4. The Hall–Kier alpha value is -2.47. The predicted octanol–water partition coefficient (Wildman–Crippen LogP) is 2.91. The fraction of sp³-hybridized carbons (Fsp3) is 0. The fourth-order valence-corrected chi connectivity index (χ4v) is 2.22. The molecule has 1 aromatic carbocycles. The Labute approximate surface area is 118 Å². The summed E-state index contributed by atoms with van der Waals surface area (Å²) in [7, 11) is 0. The van der Waals surface area contributed by atoms with Gasteiger partial charge in [0.25, 0.3) is 0 Å². The van der Waals surface area contributed by atoms with Gasteiger partial charge in [-0.3, -0.25) is 5.10 Å². The molecule has 100 valence electrons. The van der Waals surface area contributed by atoms with Crippen molar-refractivity contribution in [3.8, 4) is 22.4 Å². The van der Waals surface area contributed by atoms with E-state index in [2.05, 4.69) is 20.2 Å². The van der Waals surface area contributed by atoms with Crippen molar-refractivity contribution < 1.29 is 4.39 Å². The van der Waals surface area contributed by atoms with Crippen LogP contribution in [0.4, 0.5) is 10.2 Å². The molecule has 0 aliphatic carbocycles. The molecule has 3 N–H and O–H groups in total. The van der Waals surface area contributed by atoms with E-state index in [4.69, 9.17) is 17.3 Å². The van der Waals surface area contributed by atoms with Crippen molar-refractivity contribution in [3.63, 3.8) is 0 Å². The molecule has 0 saturated carbocycles. The number of nitrogen functional groups attached to an aromatic ring is 1. The van der Waals surface area contributed by atoms with Gasteiger partial charge in [0.05, 0.1) is 16.3 Å². The van der Waals surface area contributed by atoms with Crippen molar-refractivity contribution in [1.82, 2.24) is 20.2 Å². The van der Waals surface area contributed by atoms with Crippen LogP contribution in [0.1, 0.15) is 0 Å². The van der Waals surface area contributed by atoms with E-state index in [1.54, 1.807) is 18.5 Å². The van der Waals surface area contributed by atoms with E-state index in [-0.39, 0.29) is 10.8 Å². The van der Waals surface area contributed by atoms with Gasteiger partial charge in [-0.25, -0.2) is 14.4 Å². The summed E-state index contributed by atoms with van der Waals surface area (Å²) in [5.74, 6) is -0.136. The molecule has 3 aromatic rings. The molecular formula is C13H9ClFN5. The third-order valence-corrected chi connectivity index (χ3v) is 3.16. The number of halogens is 2. The lowest BCUT2D eigenvalue weighted by Crippen LogP contribution is -1.91. The van der Waals surface area contributed by atoms with E-state index >= 15 is 0 Å². The first-order valence-corrected chi connectivity index (χ1v) is 6.09. The number of benzene rings is 1. The summed E-state index contributed by atoms with van der Waals surface area (Å²) in [5.41, 5.74) is 8.43. The average Bonchev–Trinajstić information content (AvgIpc) is 2.82. The number of nitrogens with two attached hydrogens (primary N) is 1. The summed E-state index contributed by atoms with van der Waals surface area (Å²) in [5, 5.41) is 7.06. The Morgan fingerprint density at radius 1 is 1.20 bits per heavy atom. The van der Waals surface area contributed by atoms with Gasteiger partial charge >= 0.3 is 0 Å². The first-order valence-electron chi connectivity index (χ1n) is 5.71. The molecule has 2 aromatic heterocycles. The van der Waals surface area contributed by atoms with Crippen LogP contribution in [0.5, 0.6) is 0 Å². The Balaban J connectivity index is 2.22. The number of nitrogens with one attached hydrogen (secondary N) is 1. The Morgan fingerprint density at radius 3 is 2.65 bits per heavy atom. The number of hydrogen-bond acceptors (Lipinski definition) is 4. The fourth-order valence-electron chi connectivity index (χ4n) is 1.96. The predicted molar refractivity (Wildman–Crippen MR) is 74.4 cm³/mol. The van der Waals surface area contributed by atoms with Gasteiger partial charge in [0.1, 0.15) is 12.1 Å². The maximum absolute atomic E-state index is 13.2. The van der Waals surface area contributed by atoms with Gasteiger partial charge in [0.2, 0.25) is 0 Å². The minimum Gasteiger partial charge on any atom is -0.382 e. The van der Waals surface area contributed by atoms with Crippen LogP contribution >= 0.6 is 11.6 Å². The topological polar surface area (TPSA) is 80.5 Å². The first kappa shape index (κ1) is 12.6. The lowest BCUT2D eigenvalue weighted by molar-refractivity contribution is 0.628. The minimum absolute atomic E-state index is 0.260. The highest BCUT2D eigenvalue weighted by Gasteiger charge is 2.17. The molecule has 0 fully saturated rings. The molecule has 0 bridgehead atoms. The summed E-state index contributed by atoms with van der Waals surface area (Å²) >= 11 is 6.08. The molecule has 0 aliphatic heterocycles. The van der Waals surface area contributed by atoms with Crippen LogP contribution in [0.15, 0.2) is 36.9 Å². The van der Waals surface area contributed by atoms with E-state index in [0.717, 1.165) is 0 Å². The average molecular weight is 290 g/mol. The second kappa shape index (κ2) is 4.90. The van der Waals surface area contributed by atoms with E-state index < -0.39 is 5.82 Å². The minimum atomic E-state index is -0.412. The largest absolute Gasteiger partial charge is 0.382 e. The summed E-state index contributed by atoms with van der Waals surface area (Å²) in [6.45, 7) is 0. The molecule has 0 saturated heterocycles. The van der Waals surface area contributed by atoms with Crippen LogP contribution in [0.3, 0.4) is 0 Å². The molecule has 2 heterocycles. The van der Waals surface area contributed by atoms with Gasteiger partial charge in [-0.1, -0.05) is 11.6 Å². The number of rotatable bonds is 2. The Kier molecular flexibility index (Phi) is 3.08. The van der Waals surface area contributed by atoms with Crippen molar-refractivity contribution in [2.24, 2.45) is 0 Å². The van der Waals surface area contributed by atoms with E-state index in [1.807, 2.05) is 0 Å². The van der Waals surface area contributed by atoms with Crippen molar-refractivity contribution in [2.75, 3.05) is 5.73 Å². The van der Waals surface area contributed by atoms with E-state index in [1.165, 1.54) is 18.5 Å². The normalized spacial score (nSPS) is 10.7. The number of hydrogen-bond donors (Lipinski definition) is 2. The molecule has 0 atom stereocenters. The summed E-state index contributed by atoms with van der Waals surface area (Å²) in [4.78, 5) is 7.90. The zero-order chi connectivity index (χ0) is 14.1. The Bertz CT molecular complexity index is 757. The summed E-state index contributed by atoms with van der Waals surface area (Å²) in [6, 6.07) is 4.11. The van der Waals surface area contributed by atoms with Crippen molar-refractivity contribution in [1.29, 1.82) is 0 Å². The highest BCUT2D eigenvalue weighted by atomic mass is 35.5. The van der Waals surface area contributed by atoms with Crippen molar-refractivity contribution >= 4 is 17.4 Å². The maximum atomic E-state index is 13.2. The molecular weight excluding hydrogens is 281 g/mol. The lowest BCUT2D eigenvalue weighted by atomic mass is 10.0. The van der Waals surface area contributed by atoms with Crippen LogP contribution < -0.4 is 5.73 Å². The first-order chi connectivity index (χ1) is 9.66. The number of H-pyrrole nitrogens is 1. The second-order valence-electron chi connectivity index (χ2n) is 4.11. The molecule has 3 rings (SSSR count). The van der Waals surface area contributed by atoms with Crippen LogP contribution in [0, 0.1) is 5.82 Å². The van der Waals surface area contributed by atoms with Crippen LogP contribution in [-0.2, 0) is 0 Å². The zero-order valence-corrected chi connectivity index (χ0v) is 10.9. The van der Waals surface area contributed by atoms with Crippen LogP contribution in [0.25, 0.3) is 22.4 Å². The molecule has 0 aliphatic rings. The highest BCUT2D eigenvalue weighted by molar-refractivity contribution is 6.33. The zero-order valence-electron chi connectivity index (χ0n) is 10.1. The standard InChI is InChI=1S/C13H9ClFN5/c14-10-3-8(15)1-2-9(10)11-12(19-20-13(11)16)7-4-17-6-18-5-7/h1-6H,(H3,16,19,20). The second-order valence-corrected chi connectivity index (χ2v) is 4.52. The van der Waals surface area contributed by atoms with Crippen LogP contribution in [-0.4, -0.2) is 20.2 Å². The summed E-state index contributed by atoms with van der Waals surface area (Å²) < 4.78 is 13.2. The maximum Gasteiger partial charge on any atom is 0.153 e. The number of aromatic amines is 1. The quantitative estimate of drug-likeness (QED) is 0.760. The number of nitrogens with zero attached hydrogens (tertiary/aromatic N) is 3.